The molecule has 0 saturated carbocycles. The Kier molecular flexibility index (Phi) is 6.82. The van der Waals surface area contributed by atoms with E-state index in [0.717, 1.165) is 0 Å². The van der Waals surface area contributed by atoms with Crippen molar-refractivity contribution in [3.8, 4) is 0 Å². The van der Waals surface area contributed by atoms with Crippen LogP contribution in [0.25, 0.3) is 0 Å². The van der Waals surface area contributed by atoms with Crippen molar-refractivity contribution < 1.29 is 0 Å². The summed E-state index contributed by atoms with van der Waals surface area (Å²) in [6.07, 6.45) is 8.29. The zero-order chi connectivity index (χ0) is 12.7. The van der Waals surface area contributed by atoms with E-state index in [9.17, 15) is 0 Å². The molecule has 0 radical (unpaired) electrons. The molecule has 0 atom stereocenters. The Morgan fingerprint density at radius 2 is 1.53 bits per heavy atom. The molecule has 0 bridgehead atoms. The summed E-state index contributed by atoms with van der Waals surface area (Å²) in [4.78, 5) is 0. The van der Waals surface area contributed by atoms with Crippen LogP contribution in [0.2, 0.25) is 0 Å². The molecular weight excluding hydrogens is 223 g/mol. The highest BCUT2D eigenvalue weighted by molar-refractivity contribution is 7.65. The zero-order valence-electron chi connectivity index (χ0n) is 11.9. The highest BCUT2D eigenvalue weighted by Gasteiger charge is 2.12. The van der Waals surface area contributed by atoms with E-state index >= 15 is 0 Å². The molecule has 0 heterocycles. The standard InChI is InChI=1S/C16H27P/c1-5-7-11-17(12-8-6-2)16-10-9-14(3)13-15(16)4/h9-10,13H,5-8,11-12H2,1-4H3. The first-order valence-electron chi connectivity index (χ1n) is 7.01. The predicted octanol–water partition coefficient (Wildman–Crippen LogP) is 5.01. The van der Waals surface area contributed by atoms with Crippen LogP contribution in [0.15, 0.2) is 18.2 Å². The summed E-state index contributed by atoms with van der Waals surface area (Å²) < 4.78 is 0. The van der Waals surface area contributed by atoms with Crippen LogP contribution in [0.5, 0.6) is 0 Å². The first-order valence-corrected chi connectivity index (χ1v) is 8.72. The molecule has 0 aliphatic carbocycles. The fraction of sp³-hybridized carbons (Fsp3) is 0.625. The van der Waals surface area contributed by atoms with Crippen LogP contribution in [-0.2, 0) is 0 Å². The van der Waals surface area contributed by atoms with Gasteiger partial charge in [-0.2, -0.15) is 0 Å². The van der Waals surface area contributed by atoms with Gasteiger partial charge in [0.2, 0.25) is 0 Å². The van der Waals surface area contributed by atoms with Crippen LogP contribution < -0.4 is 5.30 Å². The molecular formula is C16H27P. The minimum absolute atomic E-state index is 0.0992. The second-order valence-corrected chi connectivity index (χ2v) is 7.44. The van der Waals surface area contributed by atoms with E-state index in [4.69, 9.17) is 0 Å². The summed E-state index contributed by atoms with van der Waals surface area (Å²) in [6, 6.07) is 7.03. The molecule has 0 fully saturated rings. The number of aryl methyl sites for hydroxylation is 2. The molecule has 0 unspecified atom stereocenters. The Balaban J connectivity index is 2.79. The normalized spacial score (nSPS) is 11.1. The average molecular weight is 250 g/mol. The van der Waals surface area contributed by atoms with E-state index in [0.29, 0.717) is 0 Å². The second-order valence-electron chi connectivity index (χ2n) is 4.98. The van der Waals surface area contributed by atoms with Gasteiger partial charge in [-0.25, -0.2) is 0 Å². The Morgan fingerprint density at radius 1 is 0.941 bits per heavy atom. The molecule has 0 amide bonds. The Labute approximate surface area is 109 Å². The van der Waals surface area contributed by atoms with Gasteiger partial charge in [0.1, 0.15) is 0 Å². The maximum Gasteiger partial charge on any atom is -0.0211 e. The summed E-state index contributed by atoms with van der Waals surface area (Å²) >= 11 is 0. The van der Waals surface area contributed by atoms with Gasteiger partial charge in [0.15, 0.2) is 0 Å². The van der Waals surface area contributed by atoms with Gasteiger partial charge in [0.25, 0.3) is 0 Å². The molecule has 0 N–H and O–H groups in total. The Bertz CT molecular complexity index is 322. The van der Waals surface area contributed by atoms with Crippen molar-refractivity contribution in [2.24, 2.45) is 0 Å². The molecule has 0 aromatic heterocycles. The summed E-state index contributed by atoms with van der Waals surface area (Å²) in [7, 11) is 0.0992. The van der Waals surface area contributed by atoms with Crippen LogP contribution in [-0.4, -0.2) is 12.3 Å². The number of hydrogen-bond donors (Lipinski definition) is 0. The topological polar surface area (TPSA) is 0 Å². The molecule has 1 rings (SSSR count). The molecule has 96 valence electrons. The van der Waals surface area contributed by atoms with Gasteiger partial charge < -0.3 is 0 Å². The number of hydrogen-bond acceptors (Lipinski definition) is 0. The van der Waals surface area contributed by atoms with E-state index in [2.05, 4.69) is 45.9 Å². The van der Waals surface area contributed by atoms with Crippen molar-refractivity contribution in [2.75, 3.05) is 12.3 Å². The van der Waals surface area contributed by atoms with Crippen LogP contribution in [0, 0.1) is 13.8 Å². The minimum atomic E-state index is 0.0992. The molecule has 17 heavy (non-hydrogen) atoms. The number of unbranched alkanes of at least 4 members (excludes halogenated alkanes) is 2. The van der Waals surface area contributed by atoms with Gasteiger partial charge in [0.05, 0.1) is 0 Å². The lowest BCUT2D eigenvalue weighted by atomic mass is 10.2. The van der Waals surface area contributed by atoms with E-state index in [-0.39, 0.29) is 7.92 Å². The van der Waals surface area contributed by atoms with Gasteiger partial charge in [-0.15, -0.1) is 0 Å². The fourth-order valence-corrected chi connectivity index (χ4v) is 5.16. The minimum Gasteiger partial charge on any atom is -0.0750 e. The van der Waals surface area contributed by atoms with Crippen molar-refractivity contribution in [1.29, 1.82) is 0 Å². The highest BCUT2D eigenvalue weighted by atomic mass is 31.1. The summed E-state index contributed by atoms with van der Waals surface area (Å²) in [5.41, 5.74) is 2.91. The number of benzene rings is 1. The molecule has 0 saturated heterocycles. The Hall–Kier alpha value is -0.350. The van der Waals surface area contributed by atoms with Crippen molar-refractivity contribution in [2.45, 2.75) is 53.4 Å². The van der Waals surface area contributed by atoms with Crippen molar-refractivity contribution in [3.05, 3.63) is 29.3 Å². The lowest BCUT2D eigenvalue weighted by molar-refractivity contribution is 0.870. The van der Waals surface area contributed by atoms with Gasteiger partial charge in [0, 0.05) is 0 Å². The third kappa shape index (κ3) is 4.80. The van der Waals surface area contributed by atoms with Gasteiger partial charge in [-0.05, 0) is 49.9 Å². The lowest BCUT2D eigenvalue weighted by Gasteiger charge is -2.20. The van der Waals surface area contributed by atoms with E-state index in [1.807, 2.05) is 0 Å². The third-order valence-corrected chi connectivity index (χ3v) is 6.15. The zero-order valence-corrected chi connectivity index (χ0v) is 12.8. The summed E-state index contributed by atoms with van der Waals surface area (Å²) in [5, 5.41) is 1.66. The van der Waals surface area contributed by atoms with Crippen LogP contribution >= 0.6 is 7.92 Å². The summed E-state index contributed by atoms with van der Waals surface area (Å²) in [6.45, 7) is 9.08. The van der Waals surface area contributed by atoms with Crippen LogP contribution in [0.4, 0.5) is 0 Å². The quantitative estimate of drug-likeness (QED) is 0.597. The molecule has 1 aromatic rings. The van der Waals surface area contributed by atoms with Gasteiger partial charge in [-0.3, -0.25) is 0 Å². The molecule has 0 aliphatic heterocycles. The first-order chi connectivity index (χ1) is 8.19. The van der Waals surface area contributed by atoms with Gasteiger partial charge in [-0.1, -0.05) is 58.4 Å². The van der Waals surface area contributed by atoms with E-state index < -0.39 is 0 Å². The average Bonchev–Trinajstić information content (AvgIpc) is 2.30. The third-order valence-electron chi connectivity index (χ3n) is 3.26. The maximum absolute atomic E-state index is 2.39. The SMILES string of the molecule is CCCCP(CCCC)c1ccc(C)cc1C. The van der Waals surface area contributed by atoms with Crippen molar-refractivity contribution in [3.63, 3.8) is 0 Å². The predicted molar refractivity (Wildman–Crippen MR) is 82.0 cm³/mol. The van der Waals surface area contributed by atoms with Crippen molar-refractivity contribution in [1.82, 2.24) is 0 Å². The van der Waals surface area contributed by atoms with E-state index in [1.165, 1.54) is 49.1 Å². The second kappa shape index (κ2) is 7.88. The largest absolute Gasteiger partial charge is 0.0750 e. The highest BCUT2D eigenvalue weighted by Crippen LogP contribution is 2.38. The lowest BCUT2D eigenvalue weighted by Crippen LogP contribution is -2.10. The van der Waals surface area contributed by atoms with E-state index in [1.54, 1.807) is 5.30 Å². The van der Waals surface area contributed by atoms with Crippen molar-refractivity contribution >= 4 is 13.2 Å². The smallest absolute Gasteiger partial charge is 0.0211 e. The molecule has 0 nitrogen and oxygen atoms in total. The summed E-state index contributed by atoms with van der Waals surface area (Å²) in [5.74, 6) is 0. The number of rotatable bonds is 7. The molecule has 0 aliphatic rings. The fourth-order valence-electron chi connectivity index (χ4n) is 2.21. The Morgan fingerprint density at radius 3 is 2.00 bits per heavy atom. The maximum atomic E-state index is 2.39. The van der Waals surface area contributed by atoms with Gasteiger partial charge >= 0.3 is 0 Å². The monoisotopic (exact) mass is 250 g/mol. The first kappa shape index (κ1) is 14.7. The van der Waals surface area contributed by atoms with Crippen LogP contribution in [0.1, 0.15) is 50.7 Å². The molecule has 1 heteroatoms. The molecule has 0 spiro atoms. The van der Waals surface area contributed by atoms with Crippen LogP contribution in [0.3, 0.4) is 0 Å². The molecule has 1 aromatic carbocycles.